The molecule has 3 nitrogen and oxygen atoms in total. The third-order valence-corrected chi connectivity index (χ3v) is 4.55. The van der Waals surface area contributed by atoms with Gasteiger partial charge in [-0.3, -0.25) is 0 Å². The van der Waals surface area contributed by atoms with E-state index in [-0.39, 0.29) is 0 Å². The highest BCUT2D eigenvalue weighted by Gasteiger charge is 2.33. The fraction of sp³-hybridized carbons (Fsp3) is 1.00. The van der Waals surface area contributed by atoms with Gasteiger partial charge in [-0.2, -0.15) is 0 Å². The van der Waals surface area contributed by atoms with Crippen molar-refractivity contribution in [2.45, 2.75) is 51.5 Å². The van der Waals surface area contributed by atoms with Gasteiger partial charge in [0.1, 0.15) is 0 Å². The number of fused-ring (bicyclic) bond motifs is 1. The molecular formula is C13H29NO2Si. The van der Waals surface area contributed by atoms with Crippen molar-refractivity contribution in [1.82, 2.24) is 5.32 Å². The Bertz CT molecular complexity index is 182. The van der Waals surface area contributed by atoms with Crippen molar-refractivity contribution in [3.05, 3.63) is 0 Å². The summed E-state index contributed by atoms with van der Waals surface area (Å²) in [4.78, 5) is 0. The van der Waals surface area contributed by atoms with E-state index in [2.05, 4.69) is 21.1 Å². The van der Waals surface area contributed by atoms with E-state index in [1.54, 1.807) is 14.2 Å². The summed E-state index contributed by atoms with van der Waals surface area (Å²) >= 11 is 0. The quantitative estimate of drug-likeness (QED) is 0.785. The van der Waals surface area contributed by atoms with Gasteiger partial charge in [0.15, 0.2) is 0 Å². The lowest BCUT2D eigenvalue weighted by Gasteiger charge is -2.41. The van der Waals surface area contributed by atoms with Crippen LogP contribution in [-0.4, -0.2) is 36.8 Å². The summed E-state index contributed by atoms with van der Waals surface area (Å²) in [5.41, 5.74) is 0. The van der Waals surface area contributed by atoms with E-state index in [1.807, 2.05) is 0 Å². The standard InChI is InChI=1S/C11H21N.C2H8O2Si/c1-2-11-10-6-4-3-5-9(10)7-8-12-11;1-3-5-4-2/h9-12H,2-8H2,1H3;5H2,1-2H3. The maximum atomic E-state index is 4.61. The Morgan fingerprint density at radius 2 is 1.82 bits per heavy atom. The molecule has 3 atom stereocenters. The van der Waals surface area contributed by atoms with Crippen molar-refractivity contribution >= 4 is 10.0 Å². The molecule has 0 aromatic heterocycles. The van der Waals surface area contributed by atoms with Gasteiger partial charge >= 0.3 is 10.0 Å². The first kappa shape index (κ1) is 15.2. The summed E-state index contributed by atoms with van der Waals surface area (Å²) in [6, 6.07) is 0.851. The molecule has 2 fully saturated rings. The summed E-state index contributed by atoms with van der Waals surface area (Å²) < 4.78 is 9.22. The van der Waals surface area contributed by atoms with Gasteiger partial charge in [-0.15, -0.1) is 0 Å². The monoisotopic (exact) mass is 259 g/mol. The second-order valence-electron chi connectivity index (χ2n) is 5.16. The molecule has 1 aliphatic carbocycles. The van der Waals surface area contributed by atoms with Gasteiger partial charge in [-0.25, -0.2) is 0 Å². The Morgan fingerprint density at radius 3 is 2.41 bits per heavy atom. The third-order valence-electron chi connectivity index (χ3n) is 4.08. The normalized spacial score (nSPS) is 32.3. The predicted octanol–water partition coefficient (Wildman–Crippen LogP) is 1.84. The molecule has 1 N–H and O–H groups in total. The maximum absolute atomic E-state index is 4.61. The molecule has 0 spiro atoms. The van der Waals surface area contributed by atoms with Crippen LogP contribution in [0.3, 0.4) is 0 Å². The molecular weight excluding hydrogens is 230 g/mol. The molecule has 0 radical (unpaired) electrons. The third kappa shape index (κ3) is 5.08. The first-order valence-corrected chi connectivity index (χ1v) is 8.20. The van der Waals surface area contributed by atoms with E-state index in [1.165, 1.54) is 45.1 Å². The van der Waals surface area contributed by atoms with Gasteiger partial charge in [0, 0.05) is 20.3 Å². The highest BCUT2D eigenvalue weighted by Crippen LogP contribution is 2.37. The highest BCUT2D eigenvalue weighted by molar-refractivity contribution is 6.17. The Hall–Kier alpha value is 0.0969. The van der Waals surface area contributed by atoms with Crippen LogP contribution in [0.1, 0.15) is 45.4 Å². The maximum Gasteiger partial charge on any atom is 0.303 e. The van der Waals surface area contributed by atoms with Crippen molar-refractivity contribution in [3.8, 4) is 0 Å². The molecule has 1 heterocycles. The molecule has 2 aliphatic rings. The molecule has 1 aliphatic heterocycles. The minimum atomic E-state index is -0.568. The van der Waals surface area contributed by atoms with Gasteiger partial charge in [-0.1, -0.05) is 26.2 Å². The van der Waals surface area contributed by atoms with Gasteiger partial charge in [0.25, 0.3) is 0 Å². The van der Waals surface area contributed by atoms with Crippen LogP contribution < -0.4 is 5.32 Å². The smallest absolute Gasteiger partial charge is 0.303 e. The summed E-state index contributed by atoms with van der Waals surface area (Å²) in [5, 5.41) is 3.67. The zero-order valence-corrected chi connectivity index (χ0v) is 13.1. The largest absolute Gasteiger partial charge is 0.402 e. The van der Waals surface area contributed by atoms with Crippen LogP contribution in [-0.2, 0) is 8.85 Å². The molecule has 3 unspecified atom stereocenters. The van der Waals surface area contributed by atoms with Crippen LogP contribution in [0.25, 0.3) is 0 Å². The highest BCUT2D eigenvalue weighted by atomic mass is 28.3. The van der Waals surface area contributed by atoms with E-state index >= 15 is 0 Å². The average Bonchev–Trinajstić information content (AvgIpc) is 2.40. The summed E-state index contributed by atoms with van der Waals surface area (Å²) in [6.07, 6.45) is 8.78. The van der Waals surface area contributed by atoms with Gasteiger partial charge < -0.3 is 14.2 Å². The topological polar surface area (TPSA) is 30.5 Å². The lowest BCUT2D eigenvalue weighted by molar-refractivity contribution is 0.131. The molecule has 0 bridgehead atoms. The van der Waals surface area contributed by atoms with Crippen LogP contribution in [0.15, 0.2) is 0 Å². The number of piperidine rings is 1. The van der Waals surface area contributed by atoms with Crippen molar-refractivity contribution < 1.29 is 8.85 Å². The van der Waals surface area contributed by atoms with E-state index in [0.717, 1.165) is 17.9 Å². The van der Waals surface area contributed by atoms with Crippen molar-refractivity contribution in [1.29, 1.82) is 0 Å². The van der Waals surface area contributed by atoms with Crippen LogP contribution in [0.2, 0.25) is 0 Å². The number of nitrogens with one attached hydrogen (secondary N) is 1. The Kier molecular flexibility index (Phi) is 8.10. The van der Waals surface area contributed by atoms with E-state index in [4.69, 9.17) is 0 Å². The SMILES string of the molecule is CCC1NCCC2CCCCC21.CO[SiH2]OC. The van der Waals surface area contributed by atoms with Gasteiger partial charge in [0.05, 0.1) is 0 Å². The van der Waals surface area contributed by atoms with Crippen LogP contribution in [0, 0.1) is 11.8 Å². The van der Waals surface area contributed by atoms with Crippen molar-refractivity contribution in [2.24, 2.45) is 11.8 Å². The number of hydrogen-bond donors (Lipinski definition) is 1. The zero-order chi connectivity index (χ0) is 12.5. The van der Waals surface area contributed by atoms with Gasteiger partial charge in [0.2, 0.25) is 0 Å². The van der Waals surface area contributed by atoms with Gasteiger partial charge in [-0.05, 0) is 37.6 Å². The Labute approximate surface area is 109 Å². The second-order valence-corrected chi connectivity index (χ2v) is 6.55. The molecule has 4 heteroatoms. The lowest BCUT2D eigenvalue weighted by Crippen LogP contribution is -2.46. The summed E-state index contributed by atoms with van der Waals surface area (Å²) in [6.45, 7) is 3.61. The lowest BCUT2D eigenvalue weighted by atomic mass is 9.71. The molecule has 0 aromatic carbocycles. The number of rotatable bonds is 3. The number of hydrogen-bond acceptors (Lipinski definition) is 3. The van der Waals surface area contributed by atoms with Crippen LogP contribution in [0.4, 0.5) is 0 Å². The fourth-order valence-electron chi connectivity index (χ4n) is 3.29. The minimum absolute atomic E-state index is 0.568. The molecule has 2 rings (SSSR count). The van der Waals surface area contributed by atoms with Crippen LogP contribution in [0.5, 0.6) is 0 Å². The molecule has 1 saturated carbocycles. The zero-order valence-electron chi connectivity index (χ0n) is 11.7. The Balaban J connectivity index is 0.000000249. The second kappa shape index (κ2) is 9.08. The first-order chi connectivity index (χ1) is 8.33. The fourth-order valence-corrected chi connectivity index (χ4v) is 3.53. The summed E-state index contributed by atoms with van der Waals surface area (Å²) in [5.74, 6) is 2.10. The molecule has 0 aromatic rings. The van der Waals surface area contributed by atoms with E-state index in [9.17, 15) is 0 Å². The molecule has 1 saturated heterocycles. The minimum Gasteiger partial charge on any atom is -0.402 e. The average molecular weight is 259 g/mol. The molecule has 0 amide bonds. The van der Waals surface area contributed by atoms with Crippen molar-refractivity contribution in [2.75, 3.05) is 20.8 Å². The van der Waals surface area contributed by atoms with Crippen LogP contribution >= 0.6 is 0 Å². The van der Waals surface area contributed by atoms with E-state index < -0.39 is 10.0 Å². The molecule has 17 heavy (non-hydrogen) atoms. The van der Waals surface area contributed by atoms with E-state index in [0.29, 0.717) is 0 Å². The predicted molar refractivity (Wildman–Crippen MR) is 74.7 cm³/mol. The Morgan fingerprint density at radius 1 is 1.12 bits per heavy atom. The van der Waals surface area contributed by atoms with Crippen molar-refractivity contribution in [3.63, 3.8) is 0 Å². The molecule has 102 valence electrons. The summed E-state index contributed by atoms with van der Waals surface area (Å²) in [7, 11) is 2.73. The first-order valence-electron chi connectivity index (χ1n) is 7.04.